The predicted octanol–water partition coefficient (Wildman–Crippen LogP) is 3.61. The first kappa shape index (κ1) is 16.7. The van der Waals surface area contributed by atoms with Crippen molar-refractivity contribution < 1.29 is 9.32 Å². The molecule has 128 valence electrons. The number of aryl methyl sites for hydroxylation is 1. The van der Waals surface area contributed by atoms with Crippen LogP contribution >= 0.6 is 0 Å². The summed E-state index contributed by atoms with van der Waals surface area (Å²) in [5.41, 5.74) is 1.29. The Morgan fingerprint density at radius 1 is 1.38 bits per heavy atom. The molecule has 1 amide bonds. The number of nitrogens with zero attached hydrogens (tertiary/aromatic N) is 2. The molecule has 1 saturated carbocycles. The number of aromatic nitrogens is 1. The summed E-state index contributed by atoms with van der Waals surface area (Å²) < 4.78 is 4.97. The van der Waals surface area contributed by atoms with Crippen LogP contribution in [0.25, 0.3) is 0 Å². The predicted molar refractivity (Wildman–Crippen MR) is 93.5 cm³/mol. The summed E-state index contributed by atoms with van der Waals surface area (Å²) in [6.45, 7) is 5.71. The molecule has 1 N–H and O–H groups in total. The zero-order valence-corrected chi connectivity index (χ0v) is 14.4. The summed E-state index contributed by atoms with van der Waals surface area (Å²) in [7, 11) is 0. The van der Waals surface area contributed by atoms with E-state index in [-0.39, 0.29) is 5.91 Å². The molecule has 24 heavy (non-hydrogen) atoms. The highest BCUT2D eigenvalue weighted by atomic mass is 16.5. The number of amides is 1. The van der Waals surface area contributed by atoms with Gasteiger partial charge in [0.15, 0.2) is 5.82 Å². The van der Waals surface area contributed by atoms with Crippen LogP contribution in [0.5, 0.6) is 0 Å². The SMILES string of the molecule is Cc1cc(NC(=O)CCN(Cc2ccccc2)C(C)C2CC2)no1. The molecule has 3 rings (SSSR count). The van der Waals surface area contributed by atoms with E-state index in [4.69, 9.17) is 4.52 Å². The van der Waals surface area contributed by atoms with Gasteiger partial charge in [-0.15, -0.1) is 0 Å². The molecule has 2 aromatic rings. The van der Waals surface area contributed by atoms with E-state index in [0.29, 0.717) is 24.0 Å². The van der Waals surface area contributed by atoms with Crippen LogP contribution in [0, 0.1) is 12.8 Å². The van der Waals surface area contributed by atoms with Crippen molar-refractivity contribution in [2.45, 2.75) is 45.7 Å². The molecule has 1 heterocycles. The third-order valence-corrected chi connectivity index (χ3v) is 4.63. The van der Waals surface area contributed by atoms with Crippen molar-refractivity contribution in [3.8, 4) is 0 Å². The van der Waals surface area contributed by atoms with Gasteiger partial charge in [0.2, 0.25) is 5.91 Å². The molecule has 1 fully saturated rings. The third-order valence-electron chi connectivity index (χ3n) is 4.63. The number of hydrogen-bond donors (Lipinski definition) is 1. The summed E-state index contributed by atoms with van der Waals surface area (Å²) in [5, 5.41) is 6.60. The molecular formula is C19H25N3O2. The van der Waals surface area contributed by atoms with Crippen molar-refractivity contribution >= 4 is 11.7 Å². The Morgan fingerprint density at radius 2 is 2.12 bits per heavy atom. The van der Waals surface area contributed by atoms with Gasteiger partial charge < -0.3 is 9.84 Å². The van der Waals surface area contributed by atoms with E-state index < -0.39 is 0 Å². The van der Waals surface area contributed by atoms with Crippen LogP contribution in [-0.4, -0.2) is 28.6 Å². The second kappa shape index (κ2) is 7.62. The van der Waals surface area contributed by atoms with Gasteiger partial charge in [0.25, 0.3) is 0 Å². The van der Waals surface area contributed by atoms with Crippen molar-refractivity contribution in [1.82, 2.24) is 10.1 Å². The Morgan fingerprint density at radius 3 is 2.75 bits per heavy atom. The highest BCUT2D eigenvalue weighted by Crippen LogP contribution is 2.35. The zero-order valence-electron chi connectivity index (χ0n) is 14.4. The van der Waals surface area contributed by atoms with Crippen LogP contribution in [-0.2, 0) is 11.3 Å². The van der Waals surface area contributed by atoms with Gasteiger partial charge in [0.1, 0.15) is 5.76 Å². The lowest BCUT2D eigenvalue weighted by Crippen LogP contribution is -2.36. The summed E-state index contributed by atoms with van der Waals surface area (Å²) >= 11 is 0. The molecule has 5 nitrogen and oxygen atoms in total. The van der Waals surface area contributed by atoms with Gasteiger partial charge in [0, 0.05) is 31.6 Å². The molecule has 1 aromatic heterocycles. The van der Waals surface area contributed by atoms with Gasteiger partial charge in [0.05, 0.1) is 0 Å². The van der Waals surface area contributed by atoms with E-state index >= 15 is 0 Å². The van der Waals surface area contributed by atoms with Gasteiger partial charge in [-0.3, -0.25) is 9.69 Å². The topological polar surface area (TPSA) is 58.4 Å². The van der Waals surface area contributed by atoms with E-state index in [1.807, 2.05) is 13.0 Å². The first-order valence-electron chi connectivity index (χ1n) is 8.63. The van der Waals surface area contributed by atoms with Gasteiger partial charge in [-0.25, -0.2) is 0 Å². The molecule has 1 aliphatic carbocycles. The second-order valence-corrected chi connectivity index (χ2v) is 6.66. The summed E-state index contributed by atoms with van der Waals surface area (Å²) in [6, 6.07) is 12.7. The van der Waals surface area contributed by atoms with E-state index in [1.165, 1.54) is 18.4 Å². The monoisotopic (exact) mass is 327 g/mol. The minimum Gasteiger partial charge on any atom is -0.360 e. The lowest BCUT2D eigenvalue weighted by Gasteiger charge is -2.29. The lowest BCUT2D eigenvalue weighted by atomic mass is 10.1. The summed E-state index contributed by atoms with van der Waals surface area (Å²) in [5.74, 6) is 1.93. The molecular weight excluding hydrogens is 302 g/mol. The molecule has 1 unspecified atom stereocenters. The van der Waals surface area contributed by atoms with E-state index in [2.05, 4.69) is 46.6 Å². The Hall–Kier alpha value is -2.14. The van der Waals surface area contributed by atoms with Gasteiger partial charge >= 0.3 is 0 Å². The quantitative estimate of drug-likeness (QED) is 0.804. The van der Waals surface area contributed by atoms with Crippen LogP contribution in [0.15, 0.2) is 40.9 Å². The van der Waals surface area contributed by atoms with Crippen molar-refractivity contribution in [2.75, 3.05) is 11.9 Å². The van der Waals surface area contributed by atoms with Gasteiger partial charge in [-0.1, -0.05) is 35.5 Å². The van der Waals surface area contributed by atoms with Gasteiger partial charge in [-0.2, -0.15) is 0 Å². The number of anilines is 1. The molecule has 1 aliphatic rings. The molecule has 1 atom stereocenters. The first-order chi connectivity index (χ1) is 11.6. The smallest absolute Gasteiger partial charge is 0.226 e. The Kier molecular flexibility index (Phi) is 5.30. The minimum atomic E-state index is -0.0237. The van der Waals surface area contributed by atoms with E-state index in [0.717, 1.165) is 19.0 Å². The summed E-state index contributed by atoms with van der Waals surface area (Å²) in [4.78, 5) is 14.6. The maximum absolute atomic E-state index is 12.2. The average Bonchev–Trinajstić information content (AvgIpc) is 3.35. The highest BCUT2D eigenvalue weighted by molar-refractivity contribution is 5.89. The average molecular weight is 327 g/mol. The molecule has 0 bridgehead atoms. The molecule has 0 spiro atoms. The number of nitrogens with one attached hydrogen (secondary N) is 1. The summed E-state index contributed by atoms with van der Waals surface area (Å²) in [6.07, 6.45) is 3.06. The number of benzene rings is 1. The molecule has 0 saturated heterocycles. The fraction of sp³-hybridized carbons (Fsp3) is 0.474. The fourth-order valence-corrected chi connectivity index (χ4v) is 3.00. The number of rotatable bonds is 8. The Balaban J connectivity index is 1.55. The van der Waals surface area contributed by atoms with Crippen molar-refractivity contribution in [3.63, 3.8) is 0 Å². The van der Waals surface area contributed by atoms with Crippen LogP contribution in [0.4, 0.5) is 5.82 Å². The second-order valence-electron chi connectivity index (χ2n) is 6.66. The van der Waals surface area contributed by atoms with Gasteiger partial charge in [-0.05, 0) is 38.2 Å². The molecule has 0 aliphatic heterocycles. The molecule has 1 aromatic carbocycles. The Labute approximate surface area is 143 Å². The first-order valence-corrected chi connectivity index (χ1v) is 8.63. The van der Waals surface area contributed by atoms with Crippen molar-refractivity contribution in [3.05, 3.63) is 47.7 Å². The normalized spacial score (nSPS) is 15.5. The molecule has 5 heteroatoms. The van der Waals surface area contributed by atoms with Crippen LogP contribution < -0.4 is 5.32 Å². The van der Waals surface area contributed by atoms with Crippen molar-refractivity contribution in [1.29, 1.82) is 0 Å². The highest BCUT2D eigenvalue weighted by Gasteiger charge is 2.32. The van der Waals surface area contributed by atoms with E-state index in [9.17, 15) is 4.79 Å². The van der Waals surface area contributed by atoms with Crippen LogP contribution in [0.2, 0.25) is 0 Å². The fourth-order valence-electron chi connectivity index (χ4n) is 3.00. The molecule has 0 radical (unpaired) electrons. The largest absolute Gasteiger partial charge is 0.360 e. The lowest BCUT2D eigenvalue weighted by molar-refractivity contribution is -0.116. The number of carbonyl (C=O) groups excluding carboxylic acids is 1. The van der Waals surface area contributed by atoms with Crippen molar-refractivity contribution in [2.24, 2.45) is 5.92 Å². The number of carbonyl (C=O) groups is 1. The number of hydrogen-bond acceptors (Lipinski definition) is 4. The van der Waals surface area contributed by atoms with Crippen LogP contribution in [0.1, 0.15) is 37.5 Å². The minimum absolute atomic E-state index is 0.0237. The third kappa shape index (κ3) is 4.68. The van der Waals surface area contributed by atoms with E-state index in [1.54, 1.807) is 6.07 Å². The zero-order chi connectivity index (χ0) is 16.9. The maximum Gasteiger partial charge on any atom is 0.226 e. The van der Waals surface area contributed by atoms with Crippen LogP contribution in [0.3, 0.4) is 0 Å². The maximum atomic E-state index is 12.2. The standard InChI is InChI=1S/C19H25N3O2/c1-14-12-18(21-24-14)20-19(23)10-11-22(15(2)17-8-9-17)13-16-6-4-3-5-7-16/h3-7,12,15,17H,8-11,13H2,1-2H3,(H,20,21,23). The Bertz CT molecular complexity index is 664.